The predicted molar refractivity (Wildman–Crippen MR) is 94.6 cm³/mol. The Hall–Kier alpha value is -2.28. The number of aliphatic carboxylic acids is 1. The lowest BCUT2D eigenvalue weighted by Gasteiger charge is -2.29. The Morgan fingerprint density at radius 2 is 2.04 bits per heavy atom. The number of carboxylic acids is 1. The van der Waals surface area contributed by atoms with Crippen LogP contribution in [-0.2, 0) is 9.59 Å². The van der Waals surface area contributed by atoms with E-state index in [1.54, 1.807) is 38.1 Å². The summed E-state index contributed by atoms with van der Waals surface area (Å²) in [5.41, 5.74) is 0.504. The molecule has 2 rings (SSSR count). The van der Waals surface area contributed by atoms with E-state index in [9.17, 15) is 19.5 Å². The fourth-order valence-electron chi connectivity index (χ4n) is 2.85. The number of urea groups is 1. The summed E-state index contributed by atoms with van der Waals surface area (Å²) in [5.74, 6) is -1.58. The Labute approximate surface area is 151 Å². The lowest BCUT2D eigenvalue weighted by molar-refractivity contribution is -0.149. The number of rotatable bonds is 5. The normalized spacial score (nSPS) is 18.1. The van der Waals surface area contributed by atoms with Crippen molar-refractivity contribution >= 4 is 35.2 Å². The summed E-state index contributed by atoms with van der Waals surface area (Å²) in [7, 11) is 0. The van der Waals surface area contributed by atoms with Gasteiger partial charge in [0, 0.05) is 17.3 Å². The lowest BCUT2D eigenvalue weighted by Crippen LogP contribution is -2.54. The topological polar surface area (TPSA) is 98.7 Å². The zero-order chi connectivity index (χ0) is 18.6. The van der Waals surface area contributed by atoms with E-state index >= 15 is 0 Å². The number of carbonyl (C=O) groups is 3. The molecule has 1 aromatic rings. The standard InChI is InChI=1S/C17H22ClN3O4/c1-10(2)14(15(22)21-8-4-7-13(21)16(23)24)20-17(25)19-12-6-3-5-11(18)9-12/h3,5-6,9-10,13-14H,4,7-8H2,1-2H3,(H,23,24)(H2,19,20,25)/t13-,14-/m0/s1. The first-order valence-corrected chi connectivity index (χ1v) is 8.53. The molecule has 1 heterocycles. The zero-order valence-corrected chi connectivity index (χ0v) is 14.9. The number of likely N-dealkylation sites (tertiary alicyclic amines) is 1. The number of carbonyl (C=O) groups excluding carboxylic acids is 2. The van der Waals surface area contributed by atoms with Crippen molar-refractivity contribution in [1.29, 1.82) is 0 Å². The van der Waals surface area contributed by atoms with Gasteiger partial charge in [0.15, 0.2) is 0 Å². The Morgan fingerprint density at radius 3 is 2.64 bits per heavy atom. The van der Waals surface area contributed by atoms with Crippen LogP contribution in [0.2, 0.25) is 5.02 Å². The largest absolute Gasteiger partial charge is 0.480 e. The summed E-state index contributed by atoms with van der Waals surface area (Å²) >= 11 is 5.88. The number of anilines is 1. The fourth-order valence-corrected chi connectivity index (χ4v) is 3.04. The smallest absolute Gasteiger partial charge is 0.326 e. The van der Waals surface area contributed by atoms with Crippen LogP contribution in [0.25, 0.3) is 0 Å². The molecule has 136 valence electrons. The third kappa shape index (κ3) is 4.85. The molecule has 2 atom stereocenters. The van der Waals surface area contributed by atoms with Crippen LogP contribution in [0.3, 0.4) is 0 Å². The zero-order valence-electron chi connectivity index (χ0n) is 14.2. The molecule has 25 heavy (non-hydrogen) atoms. The van der Waals surface area contributed by atoms with E-state index in [2.05, 4.69) is 10.6 Å². The van der Waals surface area contributed by atoms with Gasteiger partial charge in [0.05, 0.1) is 0 Å². The van der Waals surface area contributed by atoms with Crippen LogP contribution in [0, 0.1) is 5.92 Å². The minimum atomic E-state index is -1.02. The molecule has 1 fully saturated rings. The number of nitrogens with zero attached hydrogens (tertiary/aromatic N) is 1. The SMILES string of the molecule is CC(C)[C@H](NC(=O)Nc1cccc(Cl)c1)C(=O)N1CCC[C@H]1C(=O)O. The monoisotopic (exact) mass is 367 g/mol. The second-order valence-corrected chi connectivity index (χ2v) is 6.79. The van der Waals surface area contributed by atoms with E-state index in [-0.39, 0.29) is 11.8 Å². The first kappa shape index (κ1) is 19.1. The van der Waals surface area contributed by atoms with E-state index in [1.165, 1.54) is 4.90 Å². The highest BCUT2D eigenvalue weighted by atomic mass is 35.5. The molecule has 0 aliphatic carbocycles. The van der Waals surface area contributed by atoms with Gasteiger partial charge in [0.2, 0.25) is 5.91 Å². The Morgan fingerprint density at radius 1 is 1.32 bits per heavy atom. The first-order chi connectivity index (χ1) is 11.8. The number of hydrogen-bond donors (Lipinski definition) is 3. The number of benzene rings is 1. The third-order valence-corrected chi connectivity index (χ3v) is 4.36. The van der Waals surface area contributed by atoms with Crippen molar-refractivity contribution in [1.82, 2.24) is 10.2 Å². The van der Waals surface area contributed by atoms with E-state index < -0.39 is 24.1 Å². The molecule has 0 bridgehead atoms. The third-order valence-electron chi connectivity index (χ3n) is 4.12. The van der Waals surface area contributed by atoms with E-state index in [4.69, 9.17) is 11.6 Å². The maximum absolute atomic E-state index is 12.7. The van der Waals surface area contributed by atoms with Crippen molar-refractivity contribution in [2.75, 3.05) is 11.9 Å². The maximum Gasteiger partial charge on any atom is 0.326 e. The van der Waals surface area contributed by atoms with Crippen molar-refractivity contribution in [3.63, 3.8) is 0 Å². The number of amides is 3. The van der Waals surface area contributed by atoms with Gasteiger partial charge in [-0.25, -0.2) is 9.59 Å². The predicted octanol–water partition coefficient (Wildman–Crippen LogP) is 2.56. The molecule has 1 aliphatic rings. The van der Waals surface area contributed by atoms with Gasteiger partial charge >= 0.3 is 12.0 Å². The Bertz CT molecular complexity index is 665. The van der Waals surface area contributed by atoms with Crippen molar-refractivity contribution < 1.29 is 19.5 Å². The highest BCUT2D eigenvalue weighted by molar-refractivity contribution is 6.30. The quantitative estimate of drug-likeness (QED) is 0.744. The minimum Gasteiger partial charge on any atom is -0.480 e. The average molecular weight is 368 g/mol. The Balaban J connectivity index is 2.06. The number of nitrogens with one attached hydrogen (secondary N) is 2. The molecule has 1 aromatic carbocycles. The molecule has 0 aromatic heterocycles. The fraction of sp³-hybridized carbons (Fsp3) is 0.471. The summed E-state index contributed by atoms with van der Waals surface area (Å²) in [4.78, 5) is 37.6. The summed E-state index contributed by atoms with van der Waals surface area (Å²) in [6.45, 7) is 3.98. The maximum atomic E-state index is 12.7. The van der Waals surface area contributed by atoms with Gasteiger partial charge in [-0.2, -0.15) is 0 Å². The molecular formula is C17H22ClN3O4. The summed E-state index contributed by atoms with van der Waals surface area (Å²) < 4.78 is 0. The first-order valence-electron chi connectivity index (χ1n) is 8.16. The summed E-state index contributed by atoms with van der Waals surface area (Å²) in [6, 6.07) is 4.48. The van der Waals surface area contributed by atoms with Gasteiger partial charge in [-0.3, -0.25) is 4.79 Å². The van der Waals surface area contributed by atoms with Gasteiger partial charge in [-0.15, -0.1) is 0 Å². The average Bonchev–Trinajstić information content (AvgIpc) is 3.01. The van der Waals surface area contributed by atoms with Crippen molar-refractivity contribution in [2.24, 2.45) is 5.92 Å². The molecule has 0 saturated carbocycles. The van der Waals surface area contributed by atoms with Crippen LogP contribution in [0.1, 0.15) is 26.7 Å². The van der Waals surface area contributed by atoms with Gasteiger partial charge in [0.1, 0.15) is 12.1 Å². The summed E-state index contributed by atoms with van der Waals surface area (Å²) in [5, 5.41) is 15.0. The molecule has 3 amide bonds. The molecular weight excluding hydrogens is 346 g/mol. The van der Waals surface area contributed by atoms with Gasteiger partial charge in [-0.1, -0.05) is 31.5 Å². The molecule has 0 unspecified atom stereocenters. The number of carboxylic acid groups (broad SMARTS) is 1. The molecule has 0 radical (unpaired) electrons. The molecule has 3 N–H and O–H groups in total. The molecule has 8 heteroatoms. The molecule has 1 aliphatic heterocycles. The van der Waals surface area contributed by atoms with Crippen LogP contribution in [0.5, 0.6) is 0 Å². The molecule has 1 saturated heterocycles. The highest BCUT2D eigenvalue weighted by Crippen LogP contribution is 2.20. The second-order valence-electron chi connectivity index (χ2n) is 6.36. The lowest BCUT2D eigenvalue weighted by atomic mass is 10.0. The van der Waals surface area contributed by atoms with E-state index in [1.807, 2.05) is 0 Å². The number of halogens is 1. The van der Waals surface area contributed by atoms with E-state index in [0.29, 0.717) is 30.1 Å². The van der Waals surface area contributed by atoms with E-state index in [0.717, 1.165) is 0 Å². The van der Waals surface area contributed by atoms with Crippen molar-refractivity contribution in [3.05, 3.63) is 29.3 Å². The summed E-state index contributed by atoms with van der Waals surface area (Å²) in [6.07, 6.45) is 1.07. The van der Waals surface area contributed by atoms with Crippen LogP contribution >= 0.6 is 11.6 Å². The molecule has 0 spiro atoms. The molecule has 7 nitrogen and oxygen atoms in total. The van der Waals surface area contributed by atoms with Gasteiger partial charge in [0.25, 0.3) is 0 Å². The van der Waals surface area contributed by atoms with Crippen LogP contribution in [0.15, 0.2) is 24.3 Å². The van der Waals surface area contributed by atoms with Gasteiger partial charge < -0.3 is 20.6 Å². The van der Waals surface area contributed by atoms with Crippen LogP contribution in [0.4, 0.5) is 10.5 Å². The second kappa shape index (κ2) is 8.20. The van der Waals surface area contributed by atoms with Crippen molar-refractivity contribution in [2.45, 2.75) is 38.8 Å². The highest BCUT2D eigenvalue weighted by Gasteiger charge is 2.38. The minimum absolute atomic E-state index is 0.187. The number of hydrogen-bond acceptors (Lipinski definition) is 3. The van der Waals surface area contributed by atoms with Crippen LogP contribution < -0.4 is 10.6 Å². The van der Waals surface area contributed by atoms with Crippen LogP contribution in [-0.4, -0.2) is 46.5 Å². The Kier molecular flexibility index (Phi) is 6.25. The van der Waals surface area contributed by atoms with Crippen molar-refractivity contribution in [3.8, 4) is 0 Å². The van der Waals surface area contributed by atoms with Gasteiger partial charge in [-0.05, 0) is 37.0 Å².